The largest absolute Gasteiger partial charge is 0.433 e. The van der Waals surface area contributed by atoms with Crippen LogP contribution in [0.15, 0.2) is 12.1 Å². The molecule has 0 aliphatic carbocycles. The van der Waals surface area contributed by atoms with Crippen LogP contribution in [0.5, 0.6) is 0 Å². The van der Waals surface area contributed by atoms with Crippen LogP contribution in [-0.4, -0.2) is 38.7 Å². The van der Waals surface area contributed by atoms with Gasteiger partial charge in [0.1, 0.15) is 10.8 Å². The minimum atomic E-state index is -4.64. The molecule has 0 fully saturated rings. The van der Waals surface area contributed by atoms with Crippen molar-refractivity contribution in [1.29, 1.82) is 0 Å². The third-order valence-electron chi connectivity index (χ3n) is 2.39. The summed E-state index contributed by atoms with van der Waals surface area (Å²) < 4.78 is 61.0. The molecule has 0 spiro atoms. The molecule has 6 nitrogen and oxygen atoms in total. The van der Waals surface area contributed by atoms with Gasteiger partial charge in [-0.3, -0.25) is 4.79 Å². The van der Waals surface area contributed by atoms with E-state index in [1.165, 1.54) is 0 Å². The van der Waals surface area contributed by atoms with Gasteiger partial charge in [0.05, 0.1) is 11.8 Å². The second-order valence-corrected chi connectivity index (χ2v) is 6.50. The van der Waals surface area contributed by atoms with E-state index in [1.807, 2.05) is 0 Å². The lowest BCUT2D eigenvalue weighted by atomic mass is 10.2. The Bertz CT molecular complexity index is 650. The van der Waals surface area contributed by atoms with Crippen molar-refractivity contribution in [2.75, 3.05) is 19.3 Å². The summed E-state index contributed by atoms with van der Waals surface area (Å²) in [7, 11) is -3.30. The van der Waals surface area contributed by atoms with Gasteiger partial charge >= 0.3 is 6.18 Å². The van der Waals surface area contributed by atoms with Gasteiger partial charge in [0.25, 0.3) is 5.91 Å². The van der Waals surface area contributed by atoms with Gasteiger partial charge < -0.3 is 5.32 Å². The summed E-state index contributed by atoms with van der Waals surface area (Å²) in [6, 6.07) is 1.59. The number of alkyl halides is 3. The summed E-state index contributed by atoms with van der Waals surface area (Å²) in [5, 5.41) is 1.85. The minimum absolute atomic E-state index is 0.123. The number of carbonyl (C=O) groups is 1. The highest BCUT2D eigenvalue weighted by Crippen LogP contribution is 2.29. The number of halogens is 4. The first-order valence-electron chi connectivity index (χ1n) is 5.97. The number of sulfonamides is 1. The van der Waals surface area contributed by atoms with E-state index < -0.39 is 33.0 Å². The molecule has 11 heteroatoms. The van der Waals surface area contributed by atoms with Crippen molar-refractivity contribution in [3.05, 3.63) is 28.5 Å². The Kier molecular flexibility index (Phi) is 6.15. The Hall–Kier alpha value is -1.39. The zero-order valence-corrected chi connectivity index (χ0v) is 12.9. The Morgan fingerprint density at radius 2 is 1.95 bits per heavy atom. The van der Waals surface area contributed by atoms with Gasteiger partial charge in [0.15, 0.2) is 0 Å². The Morgan fingerprint density at radius 3 is 2.45 bits per heavy atom. The molecule has 1 heterocycles. The summed E-state index contributed by atoms with van der Waals surface area (Å²) >= 11 is 5.57. The highest BCUT2D eigenvalue weighted by atomic mass is 35.5. The van der Waals surface area contributed by atoms with E-state index in [9.17, 15) is 26.4 Å². The monoisotopic (exact) mass is 359 g/mol. The summed E-state index contributed by atoms with van der Waals surface area (Å²) in [5.41, 5.74) is -1.38. The predicted octanol–water partition coefficient (Wildman–Crippen LogP) is 1.42. The predicted molar refractivity (Wildman–Crippen MR) is 74.0 cm³/mol. The van der Waals surface area contributed by atoms with Gasteiger partial charge in [-0.1, -0.05) is 11.6 Å². The second-order valence-electron chi connectivity index (χ2n) is 4.31. The second kappa shape index (κ2) is 7.25. The molecule has 0 atom stereocenters. The number of rotatable bonds is 6. The molecule has 0 saturated heterocycles. The fraction of sp³-hybridized carbons (Fsp3) is 0.455. The van der Waals surface area contributed by atoms with E-state index in [1.54, 1.807) is 0 Å². The maximum absolute atomic E-state index is 12.4. The van der Waals surface area contributed by atoms with E-state index >= 15 is 0 Å². The average molecular weight is 360 g/mol. The molecule has 1 rings (SSSR count). The van der Waals surface area contributed by atoms with E-state index in [2.05, 4.69) is 15.0 Å². The number of aromatic nitrogens is 1. The lowest BCUT2D eigenvalue weighted by Gasteiger charge is -2.09. The molecule has 0 saturated carbocycles. The number of pyridine rings is 1. The Labute approximate surface area is 130 Å². The zero-order valence-electron chi connectivity index (χ0n) is 11.4. The van der Waals surface area contributed by atoms with Gasteiger partial charge in [-0.05, 0) is 18.6 Å². The van der Waals surface area contributed by atoms with E-state index in [-0.39, 0.29) is 18.7 Å². The van der Waals surface area contributed by atoms with Crippen molar-refractivity contribution < 1.29 is 26.4 Å². The Morgan fingerprint density at radius 1 is 1.32 bits per heavy atom. The van der Waals surface area contributed by atoms with E-state index in [0.29, 0.717) is 12.5 Å². The van der Waals surface area contributed by atoms with Gasteiger partial charge in [0.2, 0.25) is 10.0 Å². The van der Waals surface area contributed by atoms with Crippen molar-refractivity contribution >= 4 is 27.5 Å². The molecule has 0 aliphatic rings. The van der Waals surface area contributed by atoms with Gasteiger partial charge in [-0.2, -0.15) is 13.2 Å². The third-order valence-corrected chi connectivity index (χ3v) is 3.40. The highest BCUT2D eigenvalue weighted by molar-refractivity contribution is 7.88. The van der Waals surface area contributed by atoms with Crippen LogP contribution in [0.1, 0.15) is 22.5 Å². The van der Waals surface area contributed by atoms with Gasteiger partial charge in [-0.25, -0.2) is 18.1 Å². The summed E-state index contributed by atoms with van der Waals surface area (Å²) in [6.07, 6.45) is -3.33. The lowest BCUT2D eigenvalue weighted by molar-refractivity contribution is -0.141. The van der Waals surface area contributed by atoms with Crippen molar-refractivity contribution in [3.63, 3.8) is 0 Å². The van der Waals surface area contributed by atoms with Crippen LogP contribution in [0.3, 0.4) is 0 Å². The first-order valence-corrected chi connectivity index (χ1v) is 8.24. The number of nitrogens with zero attached hydrogens (tertiary/aromatic N) is 1. The molecular weight excluding hydrogens is 347 g/mol. The Balaban J connectivity index is 2.56. The van der Waals surface area contributed by atoms with Gasteiger partial charge in [-0.15, -0.1) is 0 Å². The van der Waals surface area contributed by atoms with Crippen molar-refractivity contribution in [1.82, 2.24) is 15.0 Å². The first-order chi connectivity index (χ1) is 10.0. The van der Waals surface area contributed by atoms with E-state index in [4.69, 9.17) is 11.6 Å². The van der Waals surface area contributed by atoms with Gasteiger partial charge in [0, 0.05) is 13.1 Å². The topological polar surface area (TPSA) is 88.2 Å². The van der Waals surface area contributed by atoms with Crippen molar-refractivity contribution in [2.24, 2.45) is 0 Å². The SMILES string of the molecule is CS(=O)(=O)NCCCNC(=O)c1ccc(C(F)(F)F)nc1Cl. The summed E-state index contributed by atoms with van der Waals surface area (Å²) in [4.78, 5) is 14.9. The summed E-state index contributed by atoms with van der Waals surface area (Å²) in [5.74, 6) is -0.689. The molecule has 1 amide bonds. The number of carbonyl (C=O) groups excluding carboxylic acids is 1. The van der Waals surface area contributed by atoms with Crippen LogP contribution in [0.25, 0.3) is 0 Å². The summed E-state index contributed by atoms with van der Waals surface area (Å²) in [6.45, 7) is 0.247. The maximum Gasteiger partial charge on any atom is 0.433 e. The first kappa shape index (κ1) is 18.7. The van der Waals surface area contributed by atoms with Crippen molar-refractivity contribution in [3.8, 4) is 0 Å². The molecular formula is C11H13ClF3N3O3S. The fourth-order valence-electron chi connectivity index (χ4n) is 1.40. The average Bonchev–Trinajstić information content (AvgIpc) is 2.35. The maximum atomic E-state index is 12.4. The quantitative estimate of drug-likeness (QED) is 0.594. The molecule has 1 aromatic heterocycles. The van der Waals surface area contributed by atoms with Crippen LogP contribution >= 0.6 is 11.6 Å². The highest BCUT2D eigenvalue weighted by Gasteiger charge is 2.33. The van der Waals surface area contributed by atoms with Crippen LogP contribution in [-0.2, 0) is 16.2 Å². The third kappa shape index (κ3) is 6.16. The minimum Gasteiger partial charge on any atom is -0.352 e. The molecule has 0 bridgehead atoms. The molecule has 0 aliphatic heterocycles. The normalized spacial score (nSPS) is 12.2. The smallest absolute Gasteiger partial charge is 0.352 e. The van der Waals surface area contributed by atoms with E-state index in [0.717, 1.165) is 12.3 Å². The number of amides is 1. The standard InChI is InChI=1S/C11H13ClF3N3O3S/c1-22(20,21)17-6-2-5-16-10(19)7-3-4-8(11(13,14)15)18-9(7)12/h3-4,17H,2,5-6H2,1H3,(H,16,19). The van der Waals surface area contributed by atoms with Crippen molar-refractivity contribution in [2.45, 2.75) is 12.6 Å². The fourth-order valence-corrected chi connectivity index (χ4v) is 2.16. The zero-order chi connectivity index (χ0) is 17.0. The number of nitrogens with one attached hydrogen (secondary N) is 2. The number of hydrogen-bond donors (Lipinski definition) is 2. The lowest BCUT2D eigenvalue weighted by Crippen LogP contribution is -2.29. The molecule has 22 heavy (non-hydrogen) atoms. The molecule has 0 unspecified atom stereocenters. The molecule has 1 aromatic rings. The van der Waals surface area contributed by atoms with Crippen LogP contribution in [0, 0.1) is 0 Å². The molecule has 0 radical (unpaired) electrons. The molecule has 0 aromatic carbocycles. The van der Waals surface area contributed by atoms with Crippen LogP contribution in [0.2, 0.25) is 5.15 Å². The molecule has 124 valence electrons. The van der Waals surface area contributed by atoms with Crippen LogP contribution < -0.4 is 10.0 Å². The number of hydrogen-bond acceptors (Lipinski definition) is 4. The molecule has 2 N–H and O–H groups in total. The van der Waals surface area contributed by atoms with Crippen LogP contribution in [0.4, 0.5) is 13.2 Å².